The van der Waals surface area contributed by atoms with E-state index in [9.17, 15) is 9.59 Å². The minimum Gasteiger partial charge on any atom is -0.481 e. The van der Waals surface area contributed by atoms with Crippen LogP contribution in [0.2, 0.25) is 0 Å². The van der Waals surface area contributed by atoms with Crippen molar-refractivity contribution in [3.05, 3.63) is 47.3 Å². The fourth-order valence-electron chi connectivity index (χ4n) is 3.44. The number of carbonyl (C=O) groups excluding carboxylic acids is 1. The van der Waals surface area contributed by atoms with Crippen LogP contribution < -0.4 is 5.32 Å². The summed E-state index contributed by atoms with van der Waals surface area (Å²) >= 11 is 0. The third-order valence-electron chi connectivity index (χ3n) is 4.66. The SMILES string of the molecule is Cn1cc(C(=O)Nc2ccc(CC(=O)O)cc2)c(C2CCCCC2)n1. The third kappa shape index (κ3) is 4.26. The minimum atomic E-state index is -0.871. The topological polar surface area (TPSA) is 84.2 Å². The zero-order valence-corrected chi connectivity index (χ0v) is 14.4. The van der Waals surface area contributed by atoms with Crippen molar-refractivity contribution in [2.45, 2.75) is 44.4 Å². The number of carboxylic acid groups (broad SMARTS) is 1. The molecule has 1 amide bonds. The molecule has 0 atom stereocenters. The predicted molar refractivity (Wildman–Crippen MR) is 94.8 cm³/mol. The number of benzene rings is 1. The molecule has 0 spiro atoms. The number of aliphatic carboxylic acids is 1. The number of aryl methyl sites for hydroxylation is 1. The molecule has 0 aliphatic heterocycles. The van der Waals surface area contributed by atoms with Gasteiger partial charge in [0.2, 0.25) is 0 Å². The molecule has 6 nitrogen and oxygen atoms in total. The summed E-state index contributed by atoms with van der Waals surface area (Å²) in [6, 6.07) is 6.89. The second-order valence-electron chi connectivity index (χ2n) is 6.66. The van der Waals surface area contributed by atoms with Crippen molar-refractivity contribution < 1.29 is 14.7 Å². The Hall–Kier alpha value is -2.63. The highest BCUT2D eigenvalue weighted by atomic mass is 16.4. The number of carboxylic acids is 1. The number of rotatable bonds is 5. The van der Waals surface area contributed by atoms with Crippen LogP contribution in [0.5, 0.6) is 0 Å². The molecule has 3 rings (SSSR count). The van der Waals surface area contributed by atoms with E-state index in [1.54, 1.807) is 35.1 Å². The van der Waals surface area contributed by atoms with Gasteiger partial charge in [-0.05, 0) is 30.5 Å². The van der Waals surface area contributed by atoms with Gasteiger partial charge in [-0.2, -0.15) is 5.10 Å². The summed E-state index contributed by atoms with van der Waals surface area (Å²) in [5, 5.41) is 16.2. The van der Waals surface area contributed by atoms with Crippen LogP contribution >= 0.6 is 0 Å². The molecular formula is C19H23N3O3. The first kappa shape index (κ1) is 17.2. The standard InChI is InChI=1S/C19H23N3O3/c1-22-12-16(18(21-22)14-5-3-2-4-6-14)19(25)20-15-9-7-13(8-10-15)11-17(23)24/h7-10,12,14H,2-6,11H2,1H3,(H,20,25)(H,23,24). The highest BCUT2D eigenvalue weighted by Crippen LogP contribution is 2.33. The average molecular weight is 341 g/mol. The number of amides is 1. The Morgan fingerprint density at radius 2 is 1.88 bits per heavy atom. The van der Waals surface area contributed by atoms with E-state index in [0.717, 1.165) is 18.5 Å². The zero-order chi connectivity index (χ0) is 17.8. The summed E-state index contributed by atoms with van der Waals surface area (Å²) in [5.41, 5.74) is 2.87. The number of hydrogen-bond donors (Lipinski definition) is 2. The molecule has 0 unspecified atom stereocenters. The van der Waals surface area contributed by atoms with Crippen LogP contribution in [0.15, 0.2) is 30.5 Å². The minimum absolute atomic E-state index is 0.0251. The second kappa shape index (κ2) is 7.51. The lowest BCUT2D eigenvalue weighted by molar-refractivity contribution is -0.136. The number of anilines is 1. The second-order valence-corrected chi connectivity index (χ2v) is 6.66. The third-order valence-corrected chi connectivity index (χ3v) is 4.66. The number of carbonyl (C=O) groups is 2. The molecule has 132 valence electrons. The Balaban J connectivity index is 1.73. The number of nitrogens with zero attached hydrogens (tertiary/aromatic N) is 2. The monoisotopic (exact) mass is 341 g/mol. The van der Waals surface area contributed by atoms with Gasteiger partial charge in [0.05, 0.1) is 17.7 Å². The Labute approximate surface area is 146 Å². The normalized spacial score (nSPS) is 15.1. The zero-order valence-electron chi connectivity index (χ0n) is 14.4. The maximum atomic E-state index is 12.7. The van der Waals surface area contributed by atoms with Gasteiger partial charge in [-0.1, -0.05) is 31.4 Å². The molecule has 0 bridgehead atoms. The predicted octanol–water partition coefficient (Wildman–Crippen LogP) is 3.35. The van der Waals surface area contributed by atoms with E-state index in [1.165, 1.54) is 19.3 Å². The molecule has 1 saturated carbocycles. The molecule has 2 aromatic rings. The van der Waals surface area contributed by atoms with E-state index in [4.69, 9.17) is 5.11 Å². The first-order chi connectivity index (χ1) is 12.0. The van der Waals surface area contributed by atoms with Crippen LogP contribution in [-0.4, -0.2) is 26.8 Å². The van der Waals surface area contributed by atoms with Crippen LogP contribution in [0.4, 0.5) is 5.69 Å². The fraction of sp³-hybridized carbons (Fsp3) is 0.421. The summed E-state index contributed by atoms with van der Waals surface area (Å²) in [4.78, 5) is 23.4. The summed E-state index contributed by atoms with van der Waals surface area (Å²) in [6.45, 7) is 0. The highest BCUT2D eigenvalue weighted by Gasteiger charge is 2.24. The fourth-order valence-corrected chi connectivity index (χ4v) is 3.44. The van der Waals surface area contributed by atoms with Crippen molar-refractivity contribution in [2.24, 2.45) is 7.05 Å². The molecular weight excluding hydrogens is 318 g/mol. The van der Waals surface area contributed by atoms with E-state index in [2.05, 4.69) is 10.4 Å². The largest absolute Gasteiger partial charge is 0.481 e. The summed E-state index contributed by atoms with van der Waals surface area (Å²) in [7, 11) is 1.84. The Morgan fingerprint density at radius 3 is 2.52 bits per heavy atom. The summed E-state index contributed by atoms with van der Waals surface area (Å²) < 4.78 is 1.70. The van der Waals surface area contributed by atoms with Crippen molar-refractivity contribution >= 4 is 17.6 Å². The molecule has 1 aliphatic rings. The van der Waals surface area contributed by atoms with Crippen LogP contribution in [-0.2, 0) is 18.3 Å². The maximum Gasteiger partial charge on any atom is 0.307 e. The van der Waals surface area contributed by atoms with E-state index >= 15 is 0 Å². The molecule has 2 N–H and O–H groups in total. The van der Waals surface area contributed by atoms with Crippen molar-refractivity contribution in [3.8, 4) is 0 Å². The van der Waals surface area contributed by atoms with Gasteiger partial charge in [0.15, 0.2) is 0 Å². The number of nitrogens with one attached hydrogen (secondary N) is 1. The summed E-state index contributed by atoms with van der Waals surface area (Å²) in [5.74, 6) is -0.683. The van der Waals surface area contributed by atoms with Gasteiger partial charge >= 0.3 is 5.97 Å². The molecule has 1 aromatic heterocycles. The molecule has 0 radical (unpaired) electrons. The molecule has 1 fully saturated rings. The lowest BCUT2D eigenvalue weighted by Crippen LogP contribution is -2.16. The number of hydrogen-bond acceptors (Lipinski definition) is 3. The lowest BCUT2D eigenvalue weighted by Gasteiger charge is -2.20. The van der Waals surface area contributed by atoms with E-state index in [1.807, 2.05) is 7.05 Å². The maximum absolute atomic E-state index is 12.7. The highest BCUT2D eigenvalue weighted by molar-refractivity contribution is 6.05. The van der Waals surface area contributed by atoms with Gasteiger partial charge in [-0.3, -0.25) is 14.3 Å². The molecule has 1 heterocycles. The van der Waals surface area contributed by atoms with Gasteiger partial charge in [-0.25, -0.2) is 0 Å². The summed E-state index contributed by atoms with van der Waals surface area (Å²) in [6.07, 6.45) is 7.55. The van der Waals surface area contributed by atoms with E-state index in [0.29, 0.717) is 22.7 Å². The van der Waals surface area contributed by atoms with Gasteiger partial charge in [-0.15, -0.1) is 0 Å². The van der Waals surface area contributed by atoms with Crippen molar-refractivity contribution in [2.75, 3.05) is 5.32 Å². The van der Waals surface area contributed by atoms with Crippen LogP contribution in [0.1, 0.15) is 59.6 Å². The first-order valence-electron chi connectivity index (χ1n) is 8.68. The van der Waals surface area contributed by atoms with Gasteiger partial charge in [0, 0.05) is 24.8 Å². The van der Waals surface area contributed by atoms with Crippen molar-refractivity contribution in [1.29, 1.82) is 0 Å². The number of aromatic nitrogens is 2. The van der Waals surface area contributed by atoms with Crippen LogP contribution in [0, 0.1) is 0 Å². The average Bonchev–Trinajstić information content (AvgIpc) is 2.99. The smallest absolute Gasteiger partial charge is 0.307 e. The Bertz CT molecular complexity index is 759. The lowest BCUT2D eigenvalue weighted by atomic mass is 9.85. The molecule has 25 heavy (non-hydrogen) atoms. The van der Waals surface area contributed by atoms with E-state index < -0.39 is 5.97 Å². The quantitative estimate of drug-likeness (QED) is 0.873. The van der Waals surface area contributed by atoms with Crippen molar-refractivity contribution in [1.82, 2.24) is 9.78 Å². The first-order valence-corrected chi connectivity index (χ1v) is 8.68. The van der Waals surface area contributed by atoms with Gasteiger partial charge in [0.25, 0.3) is 5.91 Å². The van der Waals surface area contributed by atoms with Crippen LogP contribution in [0.25, 0.3) is 0 Å². The Morgan fingerprint density at radius 1 is 1.20 bits per heavy atom. The molecule has 1 aliphatic carbocycles. The molecule has 6 heteroatoms. The van der Waals surface area contributed by atoms with Crippen LogP contribution in [0.3, 0.4) is 0 Å². The van der Waals surface area contributed by atoms with E-state index in [-0.39, 0.29) is 12.3 Å². The van der Waals surface area contributed by atoms with Crippen molar-refractivity contribution in [3.63, 3.8) is 0 Å². The van der Waals surface area contributed by atoms with Gasteiger partial charge < -0.3 is 10.4 Å². The van der Waals surface area contributed by atoms with Gasteiger partial charge in [0.1, 0.15) is 0 Å². The molecule has 1 aromatic carbocycles. The molecule has 0 saturated heterocycles. The Kier molecular flexibility index (Phi) is 5.16.